The van der Waals surface area contributed by atoms with Crippen molar-refractivity contribution < 1.29 is 0 Å². The Morgan fingerprint density at radius 3 is 1.52 bits per heavy atom. The number of nitrogens with zero attached hydrogens (tertiary/aromatic N) is 2. The van der Waals surface area contributed by atoms with Crippen LogP contribution in [0, 0.1) is 0 Å². The summed E-state index contributed by atoms with van der Waals surface area (Å²) in [5.74, 6) is 1.10. The zero-order valence-electron chi connectivity index (χ0n) is 26.4. The van der Waals surface area contributed by atoms with E-state index in [4.69, 9.17) is 9.98 Å². The maximum atomic E-state index is 5.43. The molecule has 4 rings (SSSR count). The summed E-state index contributed by atoms with van der Waals surface area (Å²) in [5.41, 5.74) is 11.7. The van der Waals surface area contributed by atoms with Crippen LogP contribution < -0.4 is 5.32 Å². The molecule has 0 saturated carbocycles. The van der Waals surface area contributed by atoms with E-state index in [1.165, 1.54) is 16.7 Å². The van der Waals surface area contributed by atoms with Crippen LogP contribution >= 0.6 is 0 Å². The largest absolute Gasteiger partial charge is 0.358 e. The van der Waals surface area contributed by atoms with Gasteiger partial charge in [-0.15, -0.1) is 0 Å². The average molecular weight is 556 g/mol. The first-order valence-electron chi connectivity index (χ1n) is 15.1. The Labute approximate surface area is 253 Å². The van der Waals surface area contributed by atoms with Crippen LogP contribution in [0.2, 0.25) is 0 Å². The zero-order valence-corrected chi connectivity index (χ0v) is 26.4. The Morgan fingerprint density at radius 2 is 0.976 bits per heavy atom. The van der Waals surface area contributed by atoms with Crippen LogP contribution in [0.5, 0.6) is 0 Å². The van der Waals surface area contributed by atoms with Crippen molar-refractivity contribution in [2.75, 3.05) is 5.32 Å². The Balaban J connectivity index is 2.02. The van der Waals surface area contributed by atoms with Gasteiger partial charge in [0.1, 0.15) is 0 Å². The van der Waals surface area contributed by atoms with Crippen LogP contribution in [0.4, 0.5) is 17.1 Å². The van der Waals surface area contributed by atoms with E-state index in [9.17, 15) is 0 Å². The topological polar surface area (TPSA) is 36.8 Å². The van der Waals surface area contributed by atoms with Crippen LogP contribution in [0.3, 0.4) is 0 Å². The summed E-state index contributed by atoms with van der Waals surface area (Å²) in [7, 11) is 0. The summed E-state index contributed by atoms with van der Waals surface area (Å²) in [5, 5.41) is 3.79. The van der Waals surface area contributed by atoms with Gasteiger partial charge in [0.2, 0.25) is 0 Å². The number of anilines is 1. The van der Waals surface area contributed by atoms with Crippen LogP contribution in [0.25, 0.3) is 0 Å². The van der Waals surface area contributed by atoms with Crippen molar-refractivity contribution in [1.29, 1.82) is 0 Å². The Kier molecular flexibility index (Phi) is 10.3. The summed E-state index contributed by atoms with van der Waals surface area (Å²) in [4.78, 5) is 10.7. The molecule has 0 fully saturated rings. The van der Waals surface area contributed by atoms with Crippen molar-refractivity contribution in [2.24, 2.45) is 9.98 Å². The predicted octanol–water partition coefficient (Wildman–Crippen LogP) is 11.4. The Bertz CT molecular complexity index is 1590. The van der Waals surface area contributed by atoms with Gasteiger partial charge in [0.15, 0.2) is 0 Å². The second kappa shape index (κ2) is 14.1. The van der Waals surface area contributed by atoms with Gasteiger partial charge in [0, 0.05) is 28.2 Å². The SMILES string of the molecule is CC(=Nc1ccccc1C(C)C)/C(C(=Nc1ccccc1C(C)C)c1ccccc1)=C(/C)Nc1ccccc1C(C)C. The summed E-state index contributed by atoms with van der Waals surface area (Å²) < 4.78 is 0. The molecule has 0 heterocycles. The van der Waals surface area contributed by atoms with Crippen LogP contribution in [0.15, 0.2) is 124 Å². The highest BCUT2D eigenvalue weighted by Crippen LogP contribution is 2.32. The molecule has 0 spiro atoms. The van der Waals surface area contributed by atoms with Crippen LogP contribution in [-0.2, 0) is 0 Å². The molecule has 0 radical (unpaired) electrons. The number of nitrogens with one attached hydrogen (secondary N) is 1. The first kappa shape index (κ1) is 30.7. The van der Waals surface area contributed by atoms with E-state index in [-0.39, 0.29) is 0 Å². The minimum Gasteiger partial charge on any atom is -0.358 e. The first-order chi connectivity index (χ1) is 20.2. The highest BCUT2D eigenvalue weighted by Gasteiger charge is 2.20. The lowest BCUT2D eigenvalue weighted by molar-refractivity contribution is 0.867. The average Bonchev–Trinajstić information content (AvgIpc) is 2.97. The van der Waals surface area contributed by atoms with Gasteiger partial charge in [-0.3, -0.25) is 4.99 Å². The van der Waals surface area contributed by atoms with Crippen molar-refractivity contribution in [3.05, 3.63) is 137 Å². The number of hydrogen-bond acceptors (Lipinski definition) is 3. The number of rotatable bonds is 10. The number of aliphatic imine (C=N–C) groups is 2. The number of hydrogen-bond donors (Lipinski definition) is 1. The molecule has 3 heteroatoms. The monoisotopic (exact) mass is 555 g/mol. The molecule has 0 atom stereocenters. The van der Waals surface area contributed by atoms with Crippen molar-refractivity contribution in [2.45, 2.75) is 73.1 Å². The van der Waals surface area contributed by atoms with Gasteiger partial charge < -0.3 is 5.32 Å². The maximum absolute atomic E-state index is 5.43. The minimum absolute atomic E-state index is 0.347. The highest BCUT2D eigenvalue weighted by atomic mass is 14.9. The normalized spacial score (nSPS) is 13.1. The van der Waals surface area contributed by atoms with Gasteiger partial charge in [-0.2, -0.15) is 0 Å². The molecule has 1 N–H and O–H groups in total. The lowest BCUT2D eigenvalue weighted by Gasteiger charge is -2.21. The van der Waals surface area contributed by atoms with Crippen molar-refractivity contribution in [1.82, 2.24) is 0 Å². The van der Waals surface area contributed by atoms with Crippen LogP contribution in [0.1, 0.15) is 95.4 Å². The van der Waals surface area contributed by atoms with Crippen molar-refractivity contribution in [3.63, 3.8) is 0 Å². The molecule has 0 aromatic heterocycles. The van der Waals surface area contributed by atoms with Crippen molar-refractivity contribution >= 4 is 28.5 Å². The lowest BCUT2D eigenvalue weighted by atomic mass is 9.95. The Hall–Kier alpha value is -4.24. The standard InChI is InChI=1S/C39H45N3/c1-26(2)32-20-12-15-23-35(32)40-29(7)38(30(8)41-36-24-16-13-21-33(36)27(3)4)39(31-18-10-9-11-19-31)42-37-25-17-14-22-34(37)28(5)6/h9-28,40H,1-8H3/b38-29+,41-30?,42-39?. The fraction of sp³-hybridized carbons (Fsp3) is 0.282. The van der Waals surface area contributed by atoms with E-state index in [0.717, 1.165) is 45.3 Å². The van der Waals surface area contributed by atoms with Crippen LogP contribution in [-0.4, -0.2) is 11.4 Å². The maximum Gasteiger partial charge on any atom is 0.0817 e. The first-order valence-corrected chi connectivity index (χ1v) is 15.1. The molecule has 4 aromatic carbocycles. The summed E-state index contributed by atoms with van der Waals surface area (Å²) in [6.45, 7) is 17.6. The zero-order chi connectivity index (χ0) is 30.2. The molecule has 0 saturated heterocycles. The van der Waals surface area contributed by atoms with E-state index < -0.39 is 0 Å². The predicted molar refractivity (Wildman–Crippen MR) is 183 cm³/mol. The van der Waals surface area contributed by atoms with Gasteiger partial charge in [-0.1, -0.05) is 126 Å². The van der Waals surface area contributed by atoms with E-state index in [0.29, 0.717) is 17.8 Å². The second-order valence-electron chi connectivity index (χ2n) is 11.8. The van der Waals surface area contributed by atoms with E-state index in [2.05, 4.69) is 164 Å². The highest BCUT2D eigenvalue weighted by molar-refractivity contribution is 6.31. The van der Waals surface area contributed by atoms with Gasteiger partial charge in [-0.05, 0) is 66.5 Å². The molecule has 0 aliphatic rings. The summed E-state index contributed by atoms with van der Waals surface area (Å²) in [6.07, 6.45) is 0. The summed E-state index contributed by atoms with van der Waals surface area (Å²) >= 11 is 0. The quantitative estimate of drug-likeness (QED) is 0.194. The molecule has 3 nitrogen and oxygen atoms in total. The third-order valence-corrected chi connectivity index (χ3v) is 7.56. The van der Waals surface area contributed by atoms with E-state index >= 15 is 0 Å². The molecular formula is C39H45N3. The summed E-state index contributed by atoms with van der Waals surface area (Å²) in [6, 6.07) is 36.0. The van der Waals surface area contributed by atoms with Gasteiger partial charge in [0.05, 0.1) is 17.1 Å². The van der Waals surface area contributed by atoms with Gasteiger partial charge >= 0.3 is 0 Å². The van der Waals surface area contributed by atoms with Gasteiger partial charge in [0.25, 0.3) is 0 Å². The molecule has 0 unspecified atom stereocenters. The van der Waals surface area contributed by atoms with Crippen molar-refractivity contribution in [3.8, 4) is 0 Å². The molecule has 0 aliphatic heterocycles. The fourth-order valence-electron chi connectivity index (χ4n) is 5.37. The number of para-hydroxylation sites is 3. The molecule has 0 amide bonds. The molecule has 0 aliphatic carbocycles. The third-order valence-electron chi connectivity index (χ3n) is 7.56. The smallest absolute Gasteiger partial charge is 0.0817 e. The molecule has 4 aromatic rings. The Morgan fingerprint density at radius 1 is 0.524 bits per heavy atom. The fourth-order valence-corrected chi connectivity index (χ4v) is 5.37. The van der Waals surface area contributed by atoms with E-state index in [1.54, 1.807) is 0 Å². The molecule has 0 bridgehead atoms. The second-order valence-corrected chi connectivity index (χ2v) is 11.8. The lowest BCUT2D eigenvalue weighted by Crippen LogP contribution is -2.18. The van der Waals surface area contributed by atoms with E-state index in [1.807, 2.05) is 0 Å². The minimum atomic E-state index is 0.347. The molecule has 216 valence electrons. The third kappa shape index (κ3) is 7.33. The number of allylic oxidation sites excluding steroid dienone is 2. The molecule has 42 heavy (non-hydrogen) atoms. The molecular weight excluding hydrogens is 510 g/mol. The number of benzene rings is 4. The van der Waals surface area contributed by atoms with Gasteiger partial charge in [-0.25, -0.2) is 4.99 Å².